The Kier molecular flexibility index (Phi) is 16.5. The molecule has 0 aromatic heterocycles. The molecule has 2 rings (SSSR count). The van der Waals surface area contributed by atoms with Crippen molar-refractivity contribution in [3.8, 4) is 0 Å². The van der Waals surface area contributed by atoms with Gasteiger partial charge in [0.15, 0.2) is 0 Å². The molecule has 0 saturated heterocycles. The van der Waals surface area contributed by atoms with E-state index >= 15 is 0 Å². The van der Waals surface area contributed by atoms with Crippen LogP contribution in [-0.4, -0.2) is 63.8 Å². The molecule has 0 amide bonds. The van der Waals surface area contributed by atoms with Crippen molar-refractivity contribution in [3.63, 3.8) is 0 Å². The highest BCUT2D eigenvalue weighted by molar-refractivity contribution is 5.88. The lowest BCUT2D eigenvalue weighted by molar-refractivity contribution is -0.145. The number of aliphatic hydroxyl groups is 1. The molecule has 1 aromatic rings. The molecule has 0 bridgehead atoms. The Hall–Kier alpha value is -2.48. The third kappa shape index (κ3) is 12.8. The van der Waals surface area contributed by atoms with Gasteiger partial charge in [-0.25, -0.2) is 9.59 Å². The predicted molar refractivity (Wildman–Crippen MR) is 157 cm³/mol. The summed E-state index contributed by atoms with van der Waals surface area (Å²) in [6, 6.07) is 8.91. The molecule has 40 heavy (non-hydrogen) atoms. The minimum absolute atomic E-state index is 0.0112. The number of methoxy groups -OCH3 is 1. The molecule has 1 unspecified atom stereocenters. The first-order valence-electron chi connectivity index (χ1n) is 14.8. The monoisotopic (exact) mass is 558 g/mol. The number of unbranched alkanes of at least 4 members (excludes halogenated alkanes) is 2. The van der Waals surface area contributed by atoms with Crippen LogP contribution in [0.25, 0.3) is 0 Å². The van der Waals surface area contributed by atoms with Crippen molar-refractivity contribution >= 4 is 11.9 Å². The van der Waals surface area contributed by atoms with E-state index in [0.29, 0.717) is 12.3 Å². The first-order valence-corrected chi connectivity index (χ1v) is 14.8. The molecule has 0 radical (unpaired) electrons. The maximum atomic E-state index is 12.3. The molecule has 1 atom stereocenters. The van der Waals surface area contributed by atoms with Crippen molar-refractivity contribution in [1.29, 1.82) is 0 Å². The Morgan fingerprint density at radius 3 is 2.15 bits per heavy atom. The van der Waals surface area contributed by atoms with Crippen molar-refractivity contribution in [2.45, 2.75) is 77.0 Å². The van der Waals surface area contributed by atoms with Gasteiger partial charge in [0.25, 0.3) is 0 Å². The summed E-state index contributed by atoms with van der Waals surface area (Å²) >= 11 is 0. The smallest absolute Gasteiger partial charge is 0.335 e. The van der Waals surface area contributed by atoms with Crippen molar-refractivity contribution in [3.05, 3.63) is 59.7 Å². The molecule has 0 aliphatic heterocycles. The largest absolute Gasteiger partial charge is 0.462 e. The van der Waals surface area contributed by atoms with Gasteiger partial charge in [0, 0.05) is 13.0 Å². The Balaban J connectivity index is 1.88. The van der Waals surface area contributed by atoms with E-state index in [1.165, 1.54) is 69.6 Å². The summed E-state index contributed by atoms with van der Waals surface area (Å²) in [6.45, 7) is 9.90. The van der Waals surface area contributed by atoms with Crippen LogP contribution in [0.3, 0.4) is 0 Å². The molecular formula is C33H50O7. The molecule has 224 valence electrons. The van der Waals surface area contributed by atoms with Gasteiger partial charge in [-0.15, -0.1) is 0 Å². The zero-order chi connectivity index (χ0) is 29.2. The van der Waals surface area contributed by atoms with E-state index in [2.05, 4.69) is 44.3 Å². The van der Waals surface area contributed by atoms with Crippen molar-refractivity contribution in [2.24, 2.45) is 11.8 Å². The van der Waals surface area contributed by atoms with Crippen LogP contribution in [0.15, 0.2) is 48.6 Å². The van der Waals surface area contributed by atoms with E-state index in [0.717, 1.165) is 12.3 Å². The topological polar surface area (TPSA) is 91.3 Å². The third-order valence-electron chi connectivity index (χ3n) is 7.66. The van der Waals surface area contributed by atoms with E-state index in [4.69, 9.17) is 24.1 Å². The number of aliphatic hydroxyl groups excluding tert-OH is 1. The highest BCUT2D eigenvalue weighted by Gasteiger charge is 2.22. The second-order valence-corrected chi connectivity index (χ2v) is 11.0. The summed E-state index contributed by atoms with van der Waals surface area (Å²) in [5, 5.41) is 8.82. The maximum absolute atomic E-state index is 12.3. The SMILES string of the molecule is C=C(COC)C(=O)OCC(CCc1ccc(C2CCC(CCCCC)CC2)cc1)COC(=O)C(=C)COCCO. The zero-order valence-electron chi connectivity index (χ0n) is 24.7. The number of rotatable bonds is 20. The maximum Gasteiger partial charge on any atom is 0.335 e. The number of aryl methyl sites for hydroxylation is 1. The van der Waals surface area contributed by atoms with Crippen LogP contribution >= 0.6 is 0 Å². The lowest BCUT2D eigenvalue weighted by Gasteiger charge is -2.29. The standard InChI is InChI=1S/C33H50O7/c1-5-6-7-8-27-11-15-30(16-12-27)31-17-13-28(14-18-31)9-10-29(23-39-32(35)25(2)21-37-4)24-40-33(36)26(3)22-38-20-19-34/h13-14,17-18,27,29-30,34H,2-3,5-12,15-16,19-24H2,1,4H3. The van der Waals surface area contributed by atoms with Crippen LogP contribution < -0.4 is 0 Å². The van der Waals surface area contributed by atoms with Gasteiger partial charge in [-0.1, -0.05) is 70.0 Å². The van der Waals surface area contributed by atoms with Crippen LogP contribution in [0, 0.1) is 11.8 Å². The number of esters is 2. The molecule has 1 aliphatic rings. The Bertz CT molecular complexity index is 900. The minimum atomic E-state index is -0.567. The van der Waals surface area contributed by atoms with Crippen molar-refractivity contribution in [2.75, 3.05) is 46.8 Å². The summed E-state index contributed by atoms with van der Waals surface area (Å²) in [5.74, 6) is 0.265. The van der Waals surface area contributed by atoms with Crippen molar-refractivity contribution in [1.82, 2.24) is 0 Å². The fourth-order valence-electron chi connectivity index (χ4n) is 5.15. The van der Waals surface area contributed by atoms with Gasteiger partial charge in [0.05, 0.1) is 50.8 Å². The number of benzene rings is 1. The molecule has 7 heteroatoms. The fourth-order valence-corrected chi connectivity index (χ4v) is 5.15. The van der Waals surface area contributed by atoms with Crippen LogP contribution in [0.2, 0.25) is 0 Å². The van der Waals surface area contributed by atoms with E-state index in [1.54, 1.807) is 0 Å². The van der Waals surface area contributed by atoms with Gasteiger partial charge in [-0.05, 0) is 61.5 Å². The van der Waals surface area contributed by atoms with Crippen LogP contribution in [0.1, 0.15) is 81.8 Å². The summed E-state index contributed by atoms with van der Waals surface area (Å²) < 4.78 is 21.0. The second kappa shape index (κ2) is 19.6. The molecule has 1 aliphatic carbocycles. The highest BCUT2D eigenvalue weighted by Crippen LogP contribution is 2.37. The normalized spacial score (nSPS) is 17.7. The number of carbonyl (C=O) groups excluding carboxylic acids is 2. The average Bonchev–Trinajstić information content (AvgIpc) is 2.97. The van der Waals surface area contributed by atoms with Crippen LogP contribution in [0.4, 0.5) is 0 Å². The van der Waals surface area contributed by atoms with Crippen LogP contribution in [-0.2, 0) is 35.0 Å². The summed E-state index contributed by atoms with van der Waals surface area (Å²) in [6.07, 6.45) is 12.1. The number of carbonyl (C=O) groups is 2. The van der Waals surface area contributed by atoms with E-state index in [9.17, 15) is 9.59 Å². The van der Waals surface area contributed by atoms with E-state index in [1.807, 2.05) is 0 Å². The number of hydrogen-bond donors (Lipinski definition) is 1. The van der Waals surface area contributed by atoms with E-state index in [-0.39, 0.29) is 56.7 Å². The summed E-state index contributed by atoms with van der Waals surface area (Å²) in [4.78, 5) is 24.5. The molecule has 0 spiro atoms. The van der Waals surface area contributed by atoms with Crippen LogP contribution in [0.5, 0.6) is 0 Å². The van der Waals surface area contributed by atoms with Gasteiger partial charge in [0.2, 0.25) is 0 Å². The quantitative estimate of drug-likeness (QED) is 0.120. The van der Waals surface area contributed by atoms with Crippen molar-refractivity contribution < 1.29 is 33.6 Å². The zero-order valence-corrected chi connectivity index (χ0v) is 24.7. The fraction of sp³-hybridized carbons (Fsp3) is 0.636. The highest BCUT2D eigenvalue weighted by atomic mass is 16.6. The van der Waals surface area contributed by atoms with E-state index < -0.39 is 11.9 Å². The average molecular weight is 559 g/mol. The Labute approximate surface area is 240 Å². The summed E-state index contributed by atoms with van der Waals surface area (Å²) in [5.41, 5.74) is 3.03. The van der Waals surface area contributed by atoms with Gasteiger partial charge >= 0.3 is 11.9 Å². The minimum Gasteiger partial charge on any atom is -0.462 e. The lowest BCUT2D eigenvalue weighted by atomic mass is 9.77. The number of hydrogen-bond acceptors (Lipinski definition) is 7. The molecule has 1 fully saturated rings. The van der Waals surface area contributed by atoms with Gasteiger partial charge in [-0.3, -0.25) is 0 Å². The first kappa shape index (κ1) is 33.7. The number of ether oxygens (including phenoxy) is 4. The van der Waals surface area contributed by atoms with Gasteiger partial charge in [0.1, 0.15) is 0 Å². The second-order valence-electron chi connectivity index (χ2n) is 11.0. The predicted octanol–water partition coefficient (Wildman–Crippen LogP) is 5.94. The Morgan fingerprint density at radius 2 is 1.57 bits per heavy atom. The molecular weight excluding hydrogens is 508 g/mol. The molecule has 1 saturated carbocycles. The molecule has 1 N–H and O–H groups in total. The molecule has 0 heterocycles. The summed E-state index contributed by atoms with van der Waals surface area (Å²) in [7, 11) is 1.49. The lowest BCUT2D eigenvalue weighted by Crippen LogP contribution is -2.24. The molecule has 1 aromatic carbocycles. The Morgan fingerprint density at radius 1 is 0.950 bits per heavy atom. The van der Waals surface area contributed by atoms with Gasteiger partial charge in [-0.2, -0.15) is 0 Å². The van der Waals surface area contributed by atoms with Gasteiger partial charge < -0.3 is 24.1 Å². The first-order chi connectivity index (χ1) is 19.4. The third-order valence-corrected chi connectivity index (χ3v) is 7.66. The molecule has 7 nitrogen and oxygen atoms in total.